The second-order valence-electron chi connectivity index (χ2n) is 3.48. The molecule has 0 amide bonds. The van der Waals surface area contributed by atoms with Gasteiger partial charge in [-0.15, -0.1) is 0 Å². The largest absolute Gasteiger partial charge is 0.359 e. The Morgan fingerprint density at radius 3 is 2.42 bits per heavy atom. The van der Waals surface area contributed by atoms with E-state index in [9.17, 15) is 8.42 Å². The lowest BCUT2D eigenvalue weighted by Gasteiger charge is -2.43. The van der Waals surface area contributed by atoms with Crippen LogP contribution in [0.15, 0.2) is 0 Å². The predicted octanol–water partition coefficient (Wildman–Crippen LogP) is 0.158. The van der Waals surface area contributed by atoms with Crippen molar-refractivity contribution in [1.29, 1.82) is 0 Å². The number of rotatable bonds is 1. The molecule has 2 saturated heterocycles. The standard InChI is InChI=1S/C7H13NO3S/c1-12(9,10)8-5-2-3-7(8)4-6-11-7/h2-6H2,1H3. The van der Waals surface area contributed by atoms with Gasteiger partial charge in [0, 0.05) is 13.0 Å². The number of nitrogens with zero attached hydrogens (tertiary/aromatic N) is 1. The molecular weight excluding hydrogens is 178 g/mol. The normalized spacial score (nSPS) is 37.1. The minimum Gasteiger partial charge on any atom is -0.359 e. The molecule has 70 valence electrons. The Labute approximate surface area is 72.6 Å². The molecule has 0 aromatic carbocycles. The van der Waals surface area contributed by atoms with Gasteiger partial charge in [0.05, 0.1) is 12.9 Å². The molecule has 0 saturated carbocycles. The van der Waals surface area contributed by atoms with Crippen molar-refractivity contribution in [2.24, 2.45) is 0 Å². The van der Waals surface area contributed by atoms with Crippen molar-refractivity contribution in [3.05, 3.63) is 0 Å². The highest BCUT2D eigenvalue weighted by Gasteiger charge is 2.51. The Morgan fingerprint density at radius 1 is 1.42 bits per heavy atom. The minimum atomic E-state index is -3.06. The smallest absolute Gasteiger partial charge is 0.213 e. The lowest BCUT2D eigenvalue weighted by molar-refractivity contribution is -0.193. The summed E-state index contributed by atoms with van der Waals surface area (Å²) in [5.41, 5.74) is -0.437. The summed E-state index contributed by atoms with van der Waals surface area (Å²) < 4.78 is 29.4. The maximum absolute atomic E-state index is 11.3. The minimum absolute atomic E-state index is 0.437. The second-order valence-corrected chi connectivity index (χ2v) is 5.39. The molecule has 0 N–H and O–H groups in total. The number of hydrogen-bond donors (Lipinski definition) is 0. The molecule has 2 heterocycles. The average molecular weight is 191 g/mol. The average Bonchev–Trinajstić information content (AvgIpc) is 2.25. The molecule has 2 fully saturated rings. The van der Waals surface area contributed by atoms with Gasteiger partial charge in [0.2, 0.25) is 10.0 Å². The predicted molar refractivity (Wildman–Crippen MR) is 44.1 cm³/mol. The van der Waals surface area contributed by atoms with Gasteiger partial charge in [-0.1, -0.05) is 0 Å². The molecule has 2 rings (SSSR count). The quantitative estimate of drug-likeness (QED) is 0.593. The van der Waals surface area contributed by atoms with Crippen LogP contribution >= 0.6 is 0 Å². The molecule has 0 radical (unpaired) electrons. The molecule has 12 heavy (non-hydrogen) atoms. The fourth-order valence-corrected chi connectivity index (χ4v) is 3.33. The first-order valence-corrected chi connectivity index (χ1v) is 6.01. The summed E-state index contributed by atoms with van der Waals surface area (Å²) >= 11 is 0. The van der Waals surface area contributed by atoms with Gasteiger partial charge in [-0.05, 0) is 12.8 Å². The van der Waals surface area contributed by atoms with Crippen LogP contribution in [0.3, 0.4) is 0 Å². The Balaban J connectivity index is 2.26. The lowest BCUT2D eigenvalue weighted by atomic mass is 10.0. The topological polar surface area (TPSA) is 46.6 Å². The third-order valence-corrected chi connectivity index (χ3v) is 3.96. The van der Waals surface area contributed by atoms with Crippen LogP contribution in [0.5, 0.6) is 0 Å². The first-order chi connectivity index (χ1) is 5.55. The van der Waals surface area contributed by atoms with Gasteiger partial charge in [-0.25, -0.2) is 8.42 Å². The van der Waals surface area contributed by atoms with E-state index in [-0.39, 0.29) is 0 Å². The molecule has 0 aromatic rings. The van der Waals surface area contributed by atoms with Crippen molar-refractivity contribution < 1.29 is 13.2 Å². The summed E-state index contributed by atoms with van der Waals surface area (Å²) in [6, 6.07) is 0. The monoisotopic (exact) mass is 191 g/mol. The molecule has 5 heteroatoms. The van der Waals surface area contributed by atoms with Gasteiger partial charge < -0.3 is 4.74 Å². The molecule has 4 nitrogen and oxygen atoms in total. The molecule has 2 aliphatic rings. The molecule has 0 aromatic heterocycles. The van der Waals surface area contributed by atoms with E-state index in [0.717, 1.165) is 19.3 Å². The van der Waals surface area contributed by atoms with Crippen LogP contribution in [0.2, 0.25) is 0 Å². The molecular formula is C7H13NO3S. The molecule has 1 atom stereocenters. The van der Waals surface area contributed by atoms with Crippen LogP contribution in [-0.4, -0.2) is 37.9 Å². The SMILES string of the molecule is CS(=O)(=O)N1CCCC12CCO2. The van der Waals surface area contributed by atoms with Crippen LogP contribution < -0.4 is 0 Å². The summed E-state index contributed by atoms with van der Waals surface area (Å²) in [4.78, 5) is 0. The molecule has 1 spiro atoms. The fraction of sp³-hybridized carbons (Fsp3) is 1.00. The first-order valence-electron chi connectivity index (χ1n) is 4.16. The van der Waals surface area contributed by atoms with E-state index in [0.29, 0.717) is 13.2 Å². The van der Waals surface area contributed by atoms with Gasteiger partial charge in [-0.3, -0.25) is 0 Å². The van der Waals surface area contributed by atoms with Gasteiger partial charge in [0.15, 0.2) is 0 Å². The summed E-state index contributed by atoms with van der Waals surface area (Å²) in [5.74, 6) is 0. The van der Waals surface area contributed by atoms with Gasteiger partial charge in [-0.2, -0.15) is 4.31 Å². The first kappa shape index (κ1) is 8.47. The second kappa shape index (κ2) is 2.43. The summed E-state index contributed by atoms with van der Waals surface area (Å²) in [7, 11) is -3.06. The highest BCUT2D eigenvalue weighted by molar-refractivity contribution is 7.88. The van der Waals surface area contributed by atoms with Gasteiger partial charge >= 0.3 is 0 Å². The molecule has 0 aliphatic carbocycles. The van der Waals surface area contributed by atoms with E-state index in [2.05, 4.69) is 0 Å². The van der Waals surface area contributed by atoms with E-state index >= 15 is 0 Å². The van der Waals surface area contributed by atoms with Crippen molar-refractivity contribution in [1.82, 2.24) is 4.31 Å². The molecule has 0 bridgehead atoms. The third-order valence-electron chi connectivity index (χ3n) is 2.65. The van der Waals surface area contributed by atoms with Crippen molar-refractivity contribution in [3.63, 3.8) is 0 Å². The van der Waals surface area contributed by atoms with E-state index in [1.54, 1.807) is 0 Å². The highest BCUT2D eigenvalue weighted by Crippen LogP contribution is 2.41. The van der Waals surface area contributed by atoms with E-state index in [1.807, 2.05) is 0 Å². The Kier molecular flexibility index (Phi) is 1.72. The molecule has 1 unspecified atom stereocenters. The number of sulfonamides is 1. The van der Waals surface area contributed by atoms with Crippen LogP contribution in [0, 0.1) is 0 Å². The summed E-state index contributed by atoms with van der Waals surface area (Å²) in [6.45, 7) is 1.32. The Morgan fingerprint density at radius 2 is 2.08 bits per heavy atom. The lowest BCUT2D eigenvalue weighted by Crippen LogP contribution is -2.55. The zero-order valence-corrected chi connectivity index (χ0v) is 7.93. The van der Waals surface area contributed by atoms with E-state index < -0.39 is 15.7 Å². The van der Waals surface area contributed by atoms with Crippen LogP contribution in [0.1, 0.15) is 19.3 Å². The van der Waals surface area contributed by atoms with Crippen molar-refractivity contribution in [2.75, 3.05) is 19.4 Å². The maximum Gasteiger partial charge on any atom is 0.213 e. The number of ether oxygens (including phenoxy) is 1. The van der Waals surface area contributed by atoms with Crippen LogP contribution in [-0.2, 0) is 14.8 Å². The van der Waals surface area contributed by atoms with Crippen molar-refractivity contribution in [3.8, 4) is 0 Å². The third kappa shape index (κ3) is 1.08. The highest BCUT2D eigenvalue weighted by atomic mass is 32.2. The van der Waals surface area contributed by atoms with Crippen molar-refractivity contribution in [2.45, 2.75) is 25.0 Å². The Bertz CT molecular complexity index is 281. The van der Waals surface area contributed by atoms with Crippen LogP contribution in [0.4, 0.5) is 0 Å². The van der Waals surface area contributed by atoms with E-state index in [1.165, 1.54) is 10.6 Å². The van der Waals surface area contributed by atoms with E-state index in [4.69, 9.17) is 4.74 Å². The van der Waals surface area contributed by atoms with Crippen LogP contribution in [0.25, 0.3) is 0 Å². The zero-order chi connectivity index (χ0) is 8.82. The molecule has 2 aliphatic heterocycles. The number of hydrogen-bond acceptors (Lipinski definition) is 3. The van der Waals surface area contributed by atoms with Gasteiger partial charge in [0.25, 0.3) is 0 Å². The summed E-state index contributed by atoms with van der Waals surface area (Å²) in [6.07, 6.45) is 3.90. The Hall–Kier alpha value is -0.130. The fourth-order valence-electron chi connectivity index (χ4n) is 2.03. The van der Waals surface area contributed by atoms with Crippen molar-refractivity contribution >= 4 is 10.0 Å². The maximum atomic E-state index is 11.3. The summed E-state index contributed by atoms with van der Waals surface area (Å²) in [5, 5.41) is 0. The van der Waals surface area contributed by atoms with Gasteiger partial charge in [0.1, 0.15) is 5.72 Å². The zero-order valence-electron chi connectivity index (χ0n) is 7.12.